The van der Waals surface area contributed by atoms with Crippen molar-refractivity contribution in [1.82, 2.24) is 9.80 Å². The lowest BCUT2D eigenvalue weighted by atomic mass is 10.2. The molecule has 1 N–H and O–H groups in total. The van der Waals surface area contributed by atoms with Gasteiger partial charge in [-0.1, -0.05) is 6.92 Å². The Morgan fingerprint density at radius 1 is 1.28 bits per heavy atom. The Morgan fingerprint density at radius 2 is 1.94 bits per heavy atom. The third kappa shape index (κ3) is 4.31. The number of rotatable bonds is 5. The lowest BCUT2D eigenvalue weighted by Gasteiger charge is -2.35. The van der Waals surface area contributed by atoms with Crippen molar-refractivity contribution < 1.29 is 5.11 Å². The summed E-state index contributed by atoms with van der Waals surface area (Å²) in [5.74, 6) is 0. The zero-order valence-electron chi connectivity index (χ0n) is 10.8. The molecule has 1 saturated heterocycles. The van der Waals surface area contributed by atoms with Gasteiger partial charge in [0.25, 0.3) is 0 Å². The van der Waals surface area contributed by atoms with Gasteiger partial charge in [0.1, 0.15) is 0 Å². The number of hydrogen-bond acceptors (Lipinski definition) is 4. The number of aliphatic hydroxyl groups is 1. The molecule has 5 heteroatoms. The number of β-amino-alcohol motifs (C(OH)–C–C–N with tert-alkyl or cyclic N) is 1. The standard InChI is InChI=1S/C13H21BrN2OS/c1-2-11(17)9-15-5-7-16(8-6-15)10-12-3-4-13(14)18-12/h3-4,11,17H,2,5-10H2,1H3. The maximum atomic E-state index is 9.66. The summed E-state index contributed by atoms with van der Waals surface area (Å²) in [4.78, 5) is 6.28. The molecule has 1 aliphatic rings. The van der Waals surface area contributed by atoms with Crippen LogP contribution >= 0.6 is 27.3 Å². The van der Waals surface area contributed by atoms with Crippen molar-refractivity contribution in [2.75, 3.05) is 32.7 Å². The van der Waals surface area contributed by atoms with Crippen LogP contribution in [0.4, 0.5) is 0 Å². The number of nitrogens with zero attached hydrogens (tertiary/aromatic N) is 2. The first-order valence-electron chi connectivity index (χ1n) is 6.54. The molecule has 18 heavy (non-hydrogen) atoms. The van der Waals surface area contributed by atoms with Crippen molar-refractivity contribution in [3.05, 3.63) is 20.8 Å². The average Bonchev–Trinajstić information content (AvgIpc) is 2.77. The van der Waals surface area contributed by atoms with E-state index in [2.05, 4.69) is 37.9 Å². The number of hydrogen-bond donors (Lipinski definition) is 1. The van der Waals surface area contributed by atoms with Gasteiger partial charge >= 0.3 is 0 Å². The highest BCUT2D eigenvalue weighted by atomic mass is 79.9. The Hall–Kier alpha value is 0.0600. The predicted molar refractivity (Wildman–Crippen MR) is 80.0 cm³/mol. The van der Waals surface area contributed by atoms with E-state index < -0.39 is 0 Å². The van der Waals surface area contributed by atoms with Gasteiger partial charge < -0.3 is 5.11 Å². The van der Waals surface area contributed by atoms with Gasteiger partial charge in [-0.3, -0.25) is 9.80 Å². The molecule has 0 aliphatic carbocycles. The van der Waals surface area contributed by atoms with Gasteiger partial charge in [-0.05, 0) is 34.5 Å². The molecule has 3 nitrogen and oxygen atoms in total. The Morgan fingerprint density at radius 3 is 2.50 bits per heavy atom. The van der Waals surface area contributed by atoms with Crippen LogP contribution in [0.2, 0.25) is 0 Å². The zero-order chi connectivity index (χ0) is 13.0. The predicted octanol–water partition coefficient (Wildman–Crippen LogP) is 2.40. The van der Waals surface area contributed by atoms with E-state index in [1.165, 1.54) is 8.66 Å². The third-order valence-corrected chi connectivity index (χ3v) is 5.02. The van der Waals surface area contributed by atoms with E-state index >= 15 is 0 Å². The van der Waals surface area contributed by atoms with Gasteiger partial charge in [-0.25, -0.2) is 0 Å². The maximum absolute atomic E-state index is 9.66. The summed E-state index contributed by atoms with van der Waals surface area (Å²) < 4.78 is 1.21. The topological polar surface area (TPSA) is 26.7 Å². The molecule has 2 heterocycles. The number of aliphatic hydroxyl groups excluding tert-OH is 1. The molecule has 1 atom stereocenters. The van der Waals surface area contributed by atoms with Crippen molar-refractivity contribution in [3.8, 4) is 0 Å². The smallest absolute Gasteiger partial charge is 0.0701 e. The highest BCUT2D eigenvalue weighted by Gasteiger charge is 2.18. The second-order valence-corrected chi connectivity index (χ2v) is 7.39. The number of halogens is 1. The van der Waals surface area contributed by atoms with E-state index in [-0.39, 0.29) is 6.10 Å². The summed E-state index contributed by atoms with van der Waals surface area (Å²) in [5.41, 5.74) is 0. The zero-order valence-corrected chi connectivity index (χ0v) is 13.2. The van der Waals surface area contributed by atoms with Crippen LogP contribution in [0.1, 0.15) is 18.2 Å². The lowest BCUT2D eigenvalue weighted by molar-refractivity contribution is 0.0690. The fraction of sp³-hybridized carbons (Fsp3) is 0.692. The molecule has 0 bridgehead atoms. The normalized spacial score (nSPS) is 20.2. The molecular formula is C13H21BrN2OS. The van der Waals surface area contributed by atoms with Crippen LogP contribution in [0.3, 0.4) is 0 Å². The van der Waals surface area contributed by atoms with Crippen molar-refractivity contribution >= 4 is 27.3 Å². The molecule has 102 valence electrons. The molecule has 1 unspecified atom stereocenters. The molecule has 2 rings (SSSR count). The Balaban J connectivity index is 1.73. The lowest BCUT2D eigenvalue weighted by Crippen LogP contribution is -2.47. The van der Waals surface area contributed by atoms with Gasteiger partial charge in [0.15, 0.2) is 0 Å². The minimum Gasteiger partial charge on any atom is -0.392 e. The quantitative estimate of drug-likeness (QED) is 0.896. The maximum Gasteiger partial charge on any atom is 0.0701 e. The van der Waals surface area contributed by atoms with Gasteiger partial charge in [-0.2, -0.15) is 0 Å². The SMILES string of the molecule is CCC(O)CN1CCN(Cc2ccc(Br)s2)CC1. The fourth-order valence-electron chi connectivity index (χ4n) is 2.21. The Kier molecular flexibility index (Phi) is 5.63. The summed E-state index contributed by atoms with van der Waals surface area (Å²) in [5, 5.41) is 9.66. The number of piperazine rings is 1. The monoisotopic (exact) mass is 332 g/mol. The van der Waals surface area contributed by atoms with Crippen molar-refractivity contribution in [3.63, 3.8) is 0 Å². The van der Waals surface area contributed by atoms with E-state index in [1.807, 2.05) is 18.3 Å². The Bertz CT molecular complexity index is 364. The largest absolute Gasteiger partial charge is 0.392 e. The van der Waals surface area contributed by atoms with Crippen LogP contribution < -0.4 is 0 Å². The van der Waals surface area contributed by atoms with Gasteiger partial charge in [-0.15, -0.1) is 11.3 Å². The summed E-state index contributed by atoms with van der Waals surface area (Å²) in [6.07, 6.45) is 0.688. The summed E-state index contributed by atoms with van der Waals surface area (Å²) in [6.45, 7) is 8.27. The summed E-state index contributed by atoms with van der Waals surface area (Å²) in [7, 11) is 0. The van der Waals surface area contributed by atoms with Crippen LogP contribution in [-0.2, 0) is 6.54 Å². The molecule has 0 amide bonds. The van der Waals surface area contributed by atoms with E-state index in [0.717, 1.165) is 45.7 Å². The molecule has 0 spiro atoms. The first-order chi connectivity index (χ1) is 8.67. The van der Waals surface area contributed by atoms with E-state index in [1.54, 1.807) is 0 Å². The fourth-order valence-corrected chi connectivity index (χ4v) is 3.74. The van der Waals surface area contributed by atoms with Crippen molar-refractivity contribution in [2.45, 2.75) is 26.0 Å². The van der Waals surface area contributed by atoms with Crippen LogP contribution in [0, 0.1) is 0 Å². The van der Waals surface area contributed by atoms with Gasteiger partial charge in [0.2, 0.25) is 0 Å². The van der Waals surface area contributed by atoms with E-state index in [4.69, 9.17) is 0 Å². The van der Waals surface area contributed by atoms with Crippen LogP contribution in [0.5, 0.6) is 0 Å². The average molecular weight is 333 g/mol. The summed E-state index contributed by atoms with van der Waals surface area (Å²) >= 11 is 5.32. The minimum absolute atomic E-state index is 0.162. The highest BCUT2D eigenvalue weighted by molar-refractivity contribution is 9.11. The molecule has 1 aliphatic heterocycles. The van der Waals surface area contributed by atoms with Crippen molar-refractivity contribution in [2.24, 2.45) is 0 Å². The number of thiophene rings is 1. The first kappa shape index (κ1) is 14.5. The van der Waals surface area contributed by atoms with Crippen LogP contribution in [-0.4, -0.2) is 53.7 Å². The van der Waals surface area contributed by atoms with E-state index in [0.29, 0.717) is 0 Å². The Labute approximate surface area is 122 Å². The highest BCUT2D eigenvalue weighted by Crippen LogP contribution is 2.23. The molecule has 1 aromatic rings. The van der Waals surface area contributed by atoms with Crippen LogP contribution in [0.25, 0.3) is 0 Å². The van der Waals surface area contributed by atoms with Crippen molar-refractivity contribution in [1.29, 1.82) is 0 Å². The molecule has 0 saturated carbocycles. The first-order valence-corrected chi connectivity index (χ1v) is 8.15. The molecule has 0 aromatic carbocycles. The molecule has 0 radical (unpaired) electrons. The van der Waals surface area contributed by atoms with Gasteiger partial charge in [0, 0.05) is 44.1 Å². The molecular weight excluding hydrogens is 312 g/mol. The van der Waals surface area contributed by atoms with Crippen LogP contribution in [0.15, 0.2) is 15.9 Å². The third-order valence-electron chi connectivity index (χ3n) is 3.41. The summed E-state index contributed by atoms with van der Waals surface area (Å²) in [6, 6.07) is 4.32. The minimum atomic E-state index is -0.162. The molecule has 1 fully saturated rings. The van der Waals surface area contributed by atoms with Gasteiger partial charge in [0.05, 0.1) is 9.89 Å². The molecule has 1 aromatic heterocycles. The van der Waals surface area contributed by atoms with E-state index in [9.17, 15) is 5.11 Å². The second kappa shape index (κ2) is 7.01. The second-order valence-electron chi connectivity index (χ2n) is 4.84.